The zero-order chi connectivity index (χ0) is 13.9. The summed E-state index contributed by atoms with van der Waals surface area (Å²) in [5.74, 6) is -0.874. The van der Waals surface area contributed by atoms with Crippen LogP contribution in [0.4, 0.5) is 5.82 Å². The highest BCUT2D eigenvalue weighted by atomic mass is 16.6. The van der Waals surface area contributed by atoms with Gasteiger partial charge in [0.1, 0.15) is 0 Å². The Labute approximate surface area is 111 Å². The van der Waals surface area contributed by atoms with Crippen LogP contribution in [-0.2, 0) is 9.47 Å². The maximum atomic E-state index is 11.0. The lowest BCUT2D eigenvalue weighted by Crippen LogP contribution is -2.44. The first-order valence-electron chi connectivity index (χ1n) is 6.02. The molecule has 1 aliphatic heterocycles. The molecule has 1 atom stereocenters. The van der Waals surface area contributed by atoms with E-state index < -0.39 is 5.97 Å². The number of carboxylic acids is 1. The number of hydrogen-bond donors (Lipinski definition) is 2. The summed E-state index contributed by atoms with van der Waals surface area (Å²) in [4.78, 5) is 18.7. The van der Waals surface area contributed by atoms with Crippen molar-refractivity contribution in [3.05, 3.63) is 18.1 Å². The maximum Gasteiger partial charge on any atom is 0.358 e. The van der Waals surface area contributed by atoms with Crippen LogP contribution in [0.1, 0.15) is 24.3 Å². The molecule has 1 unspecified atom stereocenters. The van der Waals surface area contributed by atoms with Crippen LogP contribution in [0, 0.1) is 0 Å². The summed E-state index contributed by atoms with van der Waals surface area (Å²) in [6.45, 7) is 5.31. The van der Waals surface area contributed by atoms with Gasteiger partial charge >= 0.3 is 5.97 Å². The highest BCUT2D eigenvalue weighted by Crippen LogP contribution is 2.18. The molecule has 1 saturated heterocycles. The normalized spacial score (nSPS) is 21.9. The molecule has 2 heterocycles. The van der Waals surface area contributed by atoms with E-state index in [2.05, 4.69) is 15.3 Å². The third-order valence-corrected chi connectivity index (χ3v) is 2.72. The minimum atomic E-state index is -1.11. The SMILES string of the molecule is CC1(C)COC(CNc2nccnc2C(=O)O)CO1. The zero-order valence-electron chi connectivity index (χ0n) is 10.9. The van der Waals surface area contributed by atoms with Crippen LogP contribution < -0.4 is 5.32 Å². The molecule has 0 saturated carbocycles. The lowest BCUT2D eigenvalue weighted by atomic mass is 10.1. The number of nitrogens with one attached hydrogen (secondary N) is 1. The van der Waals surface area contributed by atoms with E-state index in [1.807, 2.05) is 13.8 Å². The van der Waals surface area contributed by atoms with Crippen LogP contribution in [0.2, 0.25) is 0 Å². The van der Waals surface area contributed by atoms with E-state index in [4.69, 9.17) is 14.6 Å². The van der Waals surface area contributed by atoms with Crippen molar-refractivity contribution in [3.8, 4) is 0 Å². The first-order chi connectivity index (χ1) is 8.98. The molecular formula is C12H17N3O4. The Balaban J connectivity index is 1.91. The number of hydrogen-bond acceptors (Lipinski definition) is 6. The van der Waals surface area contributed by atoms with Crippen molar-refractivity contribution < 1.29 is 19.4 Å². The lowest BCUT2D eigenvalue weighted by molar-refractivity contribution is -0.170. The van der Waals surface area contributed by atoms with Gasteiger partial charge in [0.2, 0.25) is 0 Å². The molecule has 1 aromatic rings. The molecule has 0 bridgehead atoms. The van der Waals surface area contributed by atoms with E-state index in [1.165, 1.54) is 12.4 Å². The number of carbonyl (C=O) groups is 1. The van der Waals surface area contributed by atoms with Crippen molar-refractivity contribution in [1.82, 2.24) is 9.97 Å². The molecule has 2 rings (SSSR count). The molecule has 1 aliphatic rings. The fraction of sp³-hybridized carbons (Fsp3) is 0.583. The predicted octanol–water partition coefficient (Wildman–Crippen LogP) is 0.781. The van der Waals surface area contributed by atoms with Crippen molar-refractivity contribution >= 4 is 11.8 Å². The van der Waals surface area contributed by atoms with Gasteiger partial charge in [0.05, 0.1) is 24.9 Å². The average molecular weight is 267 g/mol. The fourth-order valence-electron chi connectivity index (χ4n) is 1.68. The molecule has 0 aliphatic carbocycles. The van der Waals surface area contributed by atoms with Crippen molar-refractivity contribution in [2.24, 2.45) is 0 Å². The Morgan fingerprint density at radius 2 is 2.26 bits per heavy atom. The number of rotatable bonds is 4. The molecule has 7 nitrogen and oxygen atoms in total. The van der Waals surface area contributed by atoms with Crippen LogP contribution >= 0.6 is 0 Å². The summed E-state index contributed by atoms with van der Waals surface area (Å²) in [6.07, 6.45) is 2.66. The third kappa shape index (κ3) is 3.62. The van der Waals surface area contributed by atoms with Gasteiger partial charge in [-0.15, -0.1) is 0 Å². The lowest BCUT2D eigenvalue weighted by Gasteiger charge is -2.35. The number of anilines is 1. The van der Waals surface area contributed by atoms with Crippen LogP contribution in [0.3, 0.4) is 0 Å². The van der Waals surface area contributed by atoms with Gasteiger partial charge in [-0.2, -0.15) is 0 Å². The van der Waals surface area contributed by atoms with Gasteiger partial charge in [-0.1, -0.05) is 0 Å². The van der Waals surface area contributed by atoms with Crippen LogP contribution in [0.15, 0.2) is 12.4 Å². The molecule has 7 heteroatoms. The first kappa shape index (κ1) is 13.7. The third-order valence-electron chi connectivity index (χ3n) is 2.72. The maximum absolute atomic E-state index is 11.0. The Kier molecular flexibility index (Phi) is 3.96. The van der Waals surface area contributed by atoms with Crippen LogP contribution in [-0.4, -0.2) is 52.5 Å². The van der Waals surface area contributed by atoms with Crippen molar-refractivity contribution in [2.45, 2.75) is 25.6 Å². The van der Waals surface area contributed by atoms with Crippen molar-refractivity contribution in [1.29, 1.82) is 0 Å². The van der Waals surface area contributed by atoms with E-state index >= 15 is 0 Å². The quantitative estimate of drug-likeness (QED) is 0.832. The topological polar surface area (TPSA) is 93.6 Å². The Morgan fingerprint density at radius 3 is 2.89 bits per heavy atom. The minimum absolute atomic E-state index is 0.0976. The Hall–Kier alpha value is -1.73. The molecule has 0 amide bonds. The average Bonchev–Trinajstić information content (AvgIpc) is 2.38. The van der Waals surface area contributed by atoms with Gasteiger partial charge in [0, 0.05) is 18.9 Å². The van der Waals surface area contributed by atoms with Gasteiger partial charge in [0.25, 0.3) is 0 Å². The number of aromatic carboxylic acids is 1. The fourth-order valence-corrected chi connectivity index (χ4v) is 1.68. The number of nitrogens with zero attached hydrogens (tertiary/aromatic N) is 2. The summed E-state index contributed by atoms with van der Waals surface area (Å²) < 4.78 is 11.3. The van der Waals surface area contributed by atoms with Gasteiger partial charge in [-0.3, -0.25) is 0 Å². The second kappa shape index (κ2) is 5.50. The zero-order valence-corrected chi connectivity index (χ0v) is 10.9. The van der Waals surface area contributed by atoms with Crippen LogP contribution in [0.25, 0.3) is 0 Å². The van der Waals surface area contributed by atoms with E-state index in [-0.39, 0.29) is 23.2 Å². The summed E-state index contributed by atoms with van der Waals surface area (Å²) in [5, 5.41) is 11.9. The molecule has 1 fully saturated rings. The van der Waals surface area contributed by atoms with Gasteiger partial charge in [0.15, 0.2) is 11.5 Å². The monoisotopic (exact) mass is 267 g/mol. The van der Waals surface area contributed by atoms with Crippen molar-refractivity contribution in [3.63, 3.8) is 0 Å². The largest absolute Gasteiger partial charge is 0.476 e. The summed E-state index contributed by atoms with van der Waals surface area (Å²) >= 11 is 0. The molecular weight excluding hydrogens is 250 g/mol. The first-order valence-corrected chi connectivity index (χ1v) is 6.02. The number of carboxylic acid groups (broad SMARTS) is 1. The molecule has 1 aromatic heterocycles. The predicted molar refractivity (Wildman–Crippen MR) is 67.3 cm³/mol. The van der Waals surface area contributed by atoms with E-state index in [0.29, 0.717) is 19.8 Å². The van der Waals surface area contributed by atoms with E-state index in [0.717, 1.165) is 0 Å². The molecule has 0 aromatic carbocycles. The highest BCUT2D eigenvalue weighted by molar-refractivity contribution is 5.90. The number of ether oxygens (including phenoxy) is 2. The van der Waals surface area contributed by atoms with E-state index in [1.54, 1.807) is 0 Å². The standard InChI is InChI=1S/C12H17N3O4/c1-12(2)7-18-8(6-19-12)5-15-10-9(11(16)17)13-3-4-14-10/h3-4,8H,5-7H2,1-2H3,(H,14,15)(H,16,17). The smallest absolute Gasteiger partial charge is 0.358 e. The molecule has 0 radical (unpaired) electrons. The Morgan fingerprint density at radius 1 is 1.53 bits per heavy atom. The van der Waals surface area contributed by atoms with Crippen molar-refractivity contribution in [2.75, 3.05) is 25.1 Å². The van der Waals surface area contributed by atoms with Crippen LogP contribution in [0.5, 0.6) is 0 Å². The molecule has 19 heavy (non-hydrogen) atoms. The summed E-state index contributed by atoms with van der Waals surface area (Å²) in [7, 11) is 0. The second-order valence-corrected chi connectivity index (χ2v) is 4.94. The minimum Gasteiger partial charge on any atom is -0.476 e. The highest BCUT2D eigenvalue weighted by Gasteiger charge is 2.28. The van der Waals surface area contributed by atoms with Gasteiger partial charge in [-0.05, 0) is 13.8 Å². The number of aromatic nitrogens is 2. The molecule has 0 spiro atoms. The summed E-state index contributed by atoms with van der Waals surface area (Å²) in [5.41, 5.74) is -0.366. The second-order valence-electron chi connectivity index (χ2n) is 4.94. The summed E-state index contributed by atoms with van der Waals surface area (Å²) in [6, 6.07) is 0. The molecule has 104 valence electrons. The Bertz CT molecular complexity index is 454. The molecule has 2 N–H and O–H groups in total. The van der Waals surface area contributed by atoms with Gasteiger partial charge < -0.3 is 19.9 Å². The van der Waals surface area contributed by atoms with E-state index in [9.17, 15) is 4.79 Å². The van der Waals surface area contributed by atoms with Gasteiger partial charge in [-0.25, -0.2) is 14.8 Å².